The molecule has 2 aromatic rings. The average Bonchev–Trinajstić information content (AvgIpc) is 2.94. The van der Waals surface area contributed by atoms with Crippen molar-refractivity contribution in [2.24, 2.45) is 0 Å². The minimum absolute atomic E-state index is 0.208. The van der Waals surface area contributed by atoms with Crippen LogP contribution in [0.4, 0.5) is 16.2 Å². The van der Waals surface area contributed by atoms with Gasteiger partial charge in [-0.15, -0.1) is 0 Å². The van der Waals surface area contributed by atoms with Crippen molar-refractivity contribution in [3.8, 4) is 0 Å². The van der Waals surface area contributed by atoms with Crippen LogP contribution in [0.15, 0.2) is 30.3 Å². The number of piperidine rings is 1. The lowest BCUT2D eigenvalue weighted by atomic mass is 10.0. The van der Waals surface area contributed by atoms with Gasteiger partial charge in [0, 0.05) is 54.6 Å². The third kappa shape index (κ3) is 4.19. The van der Waals surface area contributed by atoms with Gasteiger partial charge < -0.3 is 14.5 Å². The Kier molecular flexibility index (Phi) is 5.65. The Morgan fingerprint density at radius 2 is 1.77 bits per heavy atom. The molecule has 5 rings (SSSR count). The van der Waals surface area contributed by atoms with E-state index >= 15 is 0 Å². The zero-order chi connectivity index (χ0) is 24.9. The van der Waals surface area contributed by atoms with Crippen LogP contribution in [-0.2, 0) is 14.3 Å². The molecule has 0 bridgehead atoms. The van der Waals surface area contributed by atoms with Crippen molar-refractivity contribution < 1.29 is 23.9 Å². The summed E-state index contributed by atoms with van der Waals surface area (Å²) < 4.78 is 5.55. The summed E-state index contributed by atoms with van der Waals surface area (Å²) >= 11 is 0. The van der Waals surface area contributed by atoms with E-state index in [-0.39, 0.29) is 24.3 Å². The molecule has 0 aromatic heterocycles. The maximum Gasteiger partial charge on any atom is 0.410 e. The zero-order valence-electron chi connectivity index (χ0n) is 20.3. The molecular weight excluding hydrogens is 448 g/mol. The molecule has 4 amide bonds. The molecule has 0 aliphatic carbocycles. The maximum atomic E-state index is 13.4. The van der Waals surface area contributed by atoms with Crippen molar-refractivity contribution in [2.75, 3.05) is 36.0 Å². The molecule has 35 heavy (non-hydrogen) atoms. The highest BCUT2D eigenvalue weighted by atomic mass is 16.6. The number of hydrogen-bond acceptors (Lipinski definition) is 6. The number of rotatable bonds is 2. The minimum Gasteiger partial charge on any atom is -0.444 e. The fraction of sp³-hybridized carbons (Fsp3) is 0.462. The van der Waals surface area contributed by atoms with E-state index in [0.717, 1.165) is 29.4 Å². The van der Waals surface area contributed by atoms with Crippen molar-refractivity contribution in [1.29, 1.82) is 0 Å². The number of hydrogen-bond donors (Lipinski definition) is 1. The van der Waals surface area contributed by atoms with Crippen LogP contribution < -0.4 is 15.1 Å². The SMILES string of the molecule is CC(C)(C)OC(=O)N1CCCN(c2ccc3c4c(cccc24)C(=O)N3C2CCC(=O)NC2=O)CC1. The Morgan fingerprint density at radius 3 is 2.51 bits per heavy atom. The second kappa shape index (κ2) is 8.55. The quantitative estimate of drug-likeness (QED) is 0.666. The van der Waals surface area contributed by atoms with E-state index < -0.39 is 17.6 Å². The van der Waals surface area contributed by atoms with Gasteiger partial charge in [-0.3, -0.25) is 24.6 Å². The fourth-order valence-corrected chi connectivity index (χ4v) is 5.17. The molecular formula is C26H30N4O5. The Balaban J connectivity index is 1.44. The van der Waals surface area contributed by atoms with Gasteiger partial charge in [-0.25, -0.2) is 4.79 Å². The molecule has 2 saturated heterocycles. The van der Waals surface area contributed by atoms with Gasteiger partial charge in [0.2, 0.25) is 11.8 Å². The Hall–Kier alpha value is -3.62. The van der Waals surface area contributed by atoms with E-state index in [1.54, 1.807) is 11.0 Å². The van der Waals surface area contributed by atoms with Gasteiger partial charge in [0.1, 0.15) is 11.6 Å². The summed E-state index contributed by atoms with van der Waals surface area (Å²) in [6, 6.07) is 8.82. The molecule has 1 unspecified atom stereocenters. The minimum atomic E-state index is -0.706. The van der Waals surface area contributed by atoms with E-state index in [2.05, 4.69) is 10.2 Å². The predicted octanol–water partition coefficient (Wildman–Crippen LogP) is 3.05. The molecule has 0 saturated carbocycles. The van der Waals surface area contributed by atoms with E-state index in [1.807, 2.05) is 45.0 Å². The lowest BCUT2D eigenvalue weighted by molar-refractivity contribution is -0.134. The van der Waals surface area contributed by atoms with E-state index in [9.17, 15) is 19.2 Å². The van der Waals surface area contributed by atoms with E-state index in [1.165, 1.54) is 4.90 Å². The molecule has 3 aliphatic heterocycles. The Morgan fingerprint density at radius 1 is 1.00 bits per heavy atom. The standard InChI is InChI=1S/C26H30N4O5/c1-26(2,3)35-25(34)29-13-5-12-28(14-15-29)18-8-9-19-22-16(18)6-4-7-17(22)24(33)30(19)20-10-11-21(31)27-23(20)32/h4,6-9,20H,5,10-15H2,1-3H3,(H,27,31,32). The van der Waals surface area contributed by atoms with Crippen molar-refractivity contribution in [3.05, 3.63) is 35.9 Å². The number of amides is 4. The number of carbonyl (C=O) groups excluding carboxylic acids is 4. The Labute approximate surface area is 204 Å². The molecule has 184 valence electrons. The number of benzene rings is 2. The first-order chi connectivity index (χ1) is 16.6. The molecule has 0 radical (unpaired) electrons. The van der Waals surface area contributed by atoms with Gasteiger partial charge in [-0.05, 0) is 51.8 Å². The Bertz CT molecular complexity index is 1230. The molecule has 2 fully saturated rings. The van der Waals surface area contributed by atoms with Gasteiger partial charge in [0.25, 0.3) is 5.91 Å². The zero-order valence-corrected chi connectivity index (χ0v) is 20.3. The van der Waals surface area contributed by atoms with Crippen LogP contribution >= 0.6 is 0 Å². The second-order valence-electron chi connectivity index (χ2n) is 10.3. The first kappa shape index (κ1) is 23.1. The third-order valence-corrected chi connectivity index (χ3v) is 6.71. The van der Waals surface area contributed by atoms with Gasteiger partial charge in [0.15, 0.2) is 0 Å². The van der Waals surface area contributed by atoms with E-state index in [0.29, 0.717) is 37.3 Å². The summed E-state index contributed by atoms with van der Waals surface area (Å²) in [7, 11) is 0. The van der Waals surface area contributed by atoms with E-state index in [4.69, 9.17) is 4.74 Å². The smallest absolute Gasteiger partial charge is 0.410 e. The molecule has 9 heteroatoms. The maximum absolute atomic E-state index is 13.4. The molecule has 3 heterocycles. The number of ether oxygens (including phenoxy) is 1. The summed E-state index contributed by atoms with van der Waals surface area (Å²) in [4.78, 5) is 55.7. The normalized spacial score (nSPS) is 20.8. The molecule has 0 spiro atoms. The highest BCUT2D eigenvalue weighted by Gasteiger charge is 2.41. The average molecular weight is 479 g/mol. The number of nitrogens with zero attached hydrogens (tertiary/aromatic N) is 3. The van der Waals surface area contributed by atoms with Gasteiger partial charge >= 0.3 is 6.09 Å². The number of nitrogens with one attached hydrogen (secondary N) is 1. The topological polar surface area (TPSA) is 99.3 Å². The van der Waals surface area contributed by atoms with Gasteiger partial charge in [-0.2, -0.15) is 0 Å². The van der Waals surface area contributed by atoms with Crippen molar-refractivity contribution in [2.45, 2.75) is 51.7 Å². The molecule has 9 nitrogen and oxygen atoms in total. The van der Waals surface area contributed by atoms with Crippen LogP contribution in [0.25, 0.3) is 10.8 Å². The molecule has 1 atom stereocenters. The highest BCUT2D eigenvalue weighted by Crippen LogP contribution is 2.43. The van der Waals surface area contributed by atoms with Crippen molar-refractivity contribution >= 4 is 46.0 Å². The van der Waals surface area contributed by atoms with Gasteiger partial charge in [0.05, 0.1) is 5.69 Å². The van der Waals surface area contributed by atoms with Crippen LogP contribution in [0, 0.1) is 0 Å². The third-order valence-electron chi connectivity index (χ3n) is 6.71. The lowest BCUT2D eigenvalue weighted by Gasteiger charge is -2.30. The number of carbonyl (C=O) groups is 4. The first-order valence-corrected chi connectivity index (χ1v) is 12.1. The van der Waals surface area contributed by atoms with Crippen molar-refractivity contribution in [3.63, 3.8) is 0 Å². The summed E-state index contributed by atoms with van der Waals surface area (Å²) in [5.74, 6) is -0.962. The molecule has 2 aromatic carbocycles. The molecule has 3 aliphatic rings. The van der Waals surface area contributed by atoms with Crippen LogP contribution in [0.3, 0.4) is 0 Å². The summed E-state index contributed by atoms with van der Waals surface area (Å²) in [5, 5.41) is 4.13. The number of imide groups is 1. The van der Waals surface area contributed by atoms with Crippen LogP contribution in [0.1, 0.15) is 50.4 Å². The van der Waals surface area contributed by atoms with Crippen LogP contribution in [-0.4, -0.2) is 66.5 Å². The summed E-state index contributed by atoms with van der Waals surface area (Å²) in [5.41, 5.74) is 1.72. The molecule has 1 N–H and O–H groups in total. The van der Waals surface area contributed by atoms with Gasteiger partial charge in [-0.1, -0.05) is 12.1 Å². The van der Waals surface area contributed by atoms with Crippen LogP contribution in [0.2, 0.25) is 0 Å². The fourth-order valence-electron chi connectivity index (χ4n) is 5.17. The monoisotopic (exact) mass is 478 g/mol. The first-order valence-electron chi connectivity index (χ1n) is 12.1. The largest absolute Gasteiger partial charge is 0.444 e. The predicted molar refractivity (Wildman–Crippen MR) is 132 cm³/mol. The summed E-state index contributed by atoms with van der Waals surface area (Å²) in [6.45, 7) is 8.16. The second-order valence-corrected chi connectivity index (χ2v) is 10.3. The number of anilines is 2. The summed E-state index contributed by atoms with van der Waals surface area (Å²) in [6.07, 6.45) is 1.01. The lowest BCUT2D eigenvalue weighted by Crippen LogP contribution is -2.53. The van der Waals surface area contributed by atoms with Crippen molar-refractivity contribution in [1.82, 2.24) is 10.2 Å². The highest BCUT2D eigenvalue weighted by molar-refractivity contribution is 6.28. The van der Waals surface area contributed by atoms with Crippen LogP contribution in [0.5, 0.6) is 0 Å².